The molecule has 1 amide bonds. The van der Waals surface area contributed by atoms with Crippen LogP contribution < -0.4 is 20.1 Å². The lowest BCUT2D eigenvalue weighted by Crippen LogP contribution is -2.31. The van der Waals surface area contributed by atoms with Gasteiger partial charge >= 0.3 is 0 Å². The molecule has 0 aliphatic heterocycles. The number of hydrogen-bond acceptors (Lipinski definition) is 4. The van der Waals surface area contributed by atoms with Crippen LogP contribution in [0.15, 0.2) is 18.2 Å². The van der Waals surface area contributed by atoms with Crippen LogP contribution in [0.25, 0.3) is 0 Å². The molecule has 21 heavy (non-hydrogen) atoms. The van der Waals surface area contributed by atoms with Crippen molar-refractivity contribution < 1.29 is 14.3 Å². The Morgan fingerprint density at radius 2 is 2.10 bits per heavy atom. The first-order valence-corrected chi connectivity index (χ1v) is 7.37. The van der Waals surface area contributed by atoms with E-state index < -0.39 is 0 Å². The van der Waals surface area contributed by atoms with Gasteiger partial charge < -0.3 is 20.1 Å². The van der Waals surface area contributed by atoms with Crippen LogP contribution >= 0.6 is 0 Å². The highest BCUT2D eigenvalue weighted by Gasteiger charge is 2.11. The molecule has 5 nitrogen and oxygen atoms in total. The molecule has 1 rings (SSSR count). The lowest BCUT2D eigenvalue weighted by atomic mass is 10.2. The van der Waals surface area contributed by atoms with Crippen LogP contribution in [0.3, 0.4) is 0 Å². The molecule has 1 aromatic carbocycles. The molecule has 118 valence electrons. The summed E-state index contributed by atoms with van der Waals surface area (Å²) in [7, 11) is 1.62. The average molecular weight is 294 g/mol. The summed E-state index contributed by atoms with van der Waals surface area (Å²) in [6.45, 7) is 7.85. The Hall–Kier alpha value is -1.75. The van der Waals surface area contributed by atoms with Crippen LogP contribution in [-0.2, 0) is 11.3 Å². The SMILES string of the molecule is CCNCc1cccc(OC)c1OCCC(=O)NC(C)C. The standard InChI is InChI=1S/C16H26N2O3/c1-5-17-11-13-7-6-8-14(20-4)16(13)21-10-9-15(19)18-12(2)3/h6-8,12,17H,5,9-11H2,1-4H3,(H,18,19). The van der Waals surface area contributed by atoms with Gasteiger partial charge in [0.15, 0.2) is 11.5 Å². The van der Waals surface area contributed by atoms with E-state index in [-0.39, 0.29) is 11.9 Å². The number of carbonyl (C=O) groups is 1. The van der Waals surface area contributed by atoms with E-state index >= 15 is 0 Å². The van der Waals surface area contributed by atoms with Crippen LogP contribution in [0.4, 0.5) is 0 Å². The van der Waals surface area contributed by atoms with E-state index in [1.54, 1.807) is 7.11 Å². The summed E-state index contributed by atoms with van der Waals surface area (Å²) in [6.07, 6.45) is 0.330. The summed E-state index contributed by atoms with van der Waals surface area (Å²) in [5, 5.41) is 6.11. The zero-order valence-electron chi connectivity index (χ0n) is 13.4. The summed E-state index contributed by atoms with van der Waals surface area (Å²) in [5.74, 6) is 1.39. The number of hydrogen-bond donors (Lipinski definition) is 2. The number of para-hydroxylation sites is 1. The van der Waals surface area contributed by atoms with E-state index in [0.717, 1.165) is 12.1 Å². The number of ether oxygens (including phenoxy) is 2. The van der Waals surface area contributed by atoms with Crippen molar-refractivity contribution >= 4 is 5.91 Å². The van der Waals surface area contributed by atoms with Crippen LogP contribution in [0.1, 0.15) is 32.8 Å². The molecule has 0 unspecified atom stereocenters. The van der Waals surface area contributed by atoms with E-state index in [4.69, 9.17) is 9.47 Å². The summed E-state index contributed by atoms with van der Waals surface area (Å²) in [4.78, 5) is 11.6. The lowest BCUT2D eigenvalue weighted by Gasteiger charge is -2.15. The maximum Gasteiger partial charge on any atom is 0.223 e. The average Bonchev–Trinajstić information content (AvgIpc) is 2.45. The Balaban J connectivity index is 2.65. The van der Waals surface area contributed by atoms with E-state index in [9.17, 15) is 4.79 Å². The normalized spacial score (nSPS) is 10.5. The molecular formula is C16H26N2O3. The number of carbonyl (C=O) groups excluding carboxylic acids is 1. The van der Waals surface area contributed by atoms with Gasteiger partial charge in [-0.05, 0) is 26.5 Å². The molecule has 0 saturated heterocycles. The van der Waals surface area contributed by atoms with Gasteiger partial charge in [-0.25, -0.2) is 0 Å². The third-order valence-corrected chi connectivity index (χ3v) is 2.87. The highest BCUT2D eigenvalue weighted by molar-refractivity contribution is 5.76. The fraction of sp³-hybridized carbons (Fsp3) is 0.562. The Bertz CT molecular complexity index is 447. The number of rotatable bonds is 9. The van der Waals surface area contributed by atoms with Crippen molar-refractivity contribution in [2.75, 3.05) is 20.3 Å². The van der Waals surface area contributed by atoms with Crippen molar-refractivity contribution in [3.8, 4) is 11.5 Å². The quantitative estimate of drug-likeness (QED) is 0.732. The Labute approximate surface area is 127 Å². The van der Waals surface area contributed by atoms with Gasteiger partial charge in [0.1, 0.15) is 0 Å². The number of benzene rings is 1. The molecule has 0 aliphatic rings. The first-order valence-electron chi connectivity index (χ1n) is 7.37. The number of amides is 1. The topological polar surface area (TPSA) is 59.6 Å². The van der Waals surface area contributed by atoms with Crippen molar-refractivity contribution in [2.24, 2.45) is 0 Å². The van der Waals surface area contributed by atoms with Gasteiger partial charge in [0.2, 0.25) is 5.91 Å². The number of methoxy groups -OCH3 is 1. The predicted molar refractivity (Wildman–Crippen MR) is 83.8 cm³/mol. The van der Waals surface area contributed by atoms with Crippen molar-refractivity contribution in [1.82, 2.24) is 10.6 Å². The third-order valence-electron chi connectivity index (χ3n) is 2.87. The van der Waals surface area contributed by atoms with Gasteiger partial charge in [-0.2, -0.15) is 0 Å². The minimum atomic E-state index is -0.00636. The van der Waals surface area contributed by atoms with E-state index in [0.29, 0.717) is 31.1 Å². The van der Waals surface area contributed by atoms with E-state index in [1.165, 1.54) is 0 Å². The first kappa shape index (κ1) is 17.3. The Morgan fingerprint density at radius 3 is 2.71 bits per heavy atom. The molecule has 1 aromatic rings. The second kappa shape index (κ2) is 9.23. The minimum Gasteiger partial charge on any atom is -0.493 e. The molecule has 0 bridgehead atoms. The molecule has 2 N–H and O–H groups in total. The molecule has 0 saturated carbocycles. The second-order valence-electron chi connectivity index (χ2n) is 5.05. The zero-order chi connectivity index (χ0) is 15.7. The van der Waals surface area contributed by atoms with E-state index in [1.807, 2.05) is 32.0 Å². The van der Waals surface area contributed by atoms with E-state index in [2.05, 4.69) is 17.6 Å². The first-order chi connectivity index (χ1) is 10.1. The van der Waals surface area contributed by atoms with Gasteiger partial charge in [0, 0.05) is 18.2 Å². The molecule has 0 aliphatic carbocycles. The summed E-state index contributed by atoms with van der Waals surface area (Å²) < 4.78 is 11.1. The summed E-state index contributed by atoms with van der Waals surface area (Å²) in [6, 6.07) is 5.94. The second-order valence-corrected chi connectivity index (χ2v) is 5.05. The highest BCUT2D eigenvalue weighted by Crippen LogP contribution is 2.31. The minimum absolute atomic E-state index is 0.00636. The van der Waals surface area contributed by atoms with Gasteiger partial charge in [-0.15, -0.1) is 0 Å². The molecule has 0 aromatic heterocycles. The smallest absolute Gasteiger partial charge is 0.223 e. The molecule has 0 fully saturated rings. The Kier molecular flexibility index (Phi) is 7.61. The maximum atomic E-state index is 11.6. The van der Waals surface area contributed by atoms with Crippen LogP contribution in [0, 0.1) is 0 Å². The van der Waals surface area contributed by atoms with Crippen molar-refractivity contribution in [2.45, 2.75) is 39.8 Å². The predicted octanol–water partition coefficient (Wildman–Crippen LogP) is 2.10. The fourth-order valence-electron chi connectivity index (χ4n) is 1.92. The number of nitrogens with one attached hydrogen (secondary N) is 2. The van der Waals surface area contributed by atoms with Gasteiger partial charge in [0.25, 0.3) is 0 Å². The molecule has 0 heterocycles. The maximum absolute atomic E-state index is 11.6. The zero-order valence-corrected chi connectivity index (χ0v) is 13.4. The monoisotopic (exact) mass is 294 g/mol. The van der Waals surface area contributed by atoms with Gasteiger partial charge in [0.05, 0.1) is 20.1 Å². The largest absolute Gasteiger partial charge is 0.493 e. The Morgan fingerprint density at radius 1 is 1.33 bits per heavy atom. The van der Waals surface area contributed by atoms with Crippen LogP contribution in [0.2, 0.25) is 0 Å². The molecule has 0 radical (unpaired) electrons. The fourth-order valence-corrected chi connectivity index (χ4v) is 1.92. The van der Waals surface area contributed by atoms with Gasteiger partial charge in [-0.3, -0.25) is 4.79 Å². The van der Waals surface area contributed by atoms with Crippen molar-refractivity contribution in [3.63, 3.8) is 0 Å². The van der Waals surface area contributed by atoms with Crippen LogP contribution in [0.5, 0.6) is 11.5 Å². The lowest BCUT2D eigenvalue weighted by molar-refractivity contribution is -0.122. The molecular weight excluding hydrogens is 268 g/mol. The highest BCUT2D eigenvalue weighted by atomic mass is 16.5. The van der Waals surface area contributed by atoms with Crippen LogP contribution in [-0.4, -0.2) is 32.2 Å². The summed E-state index contributed by atoms with van der Waals surface area (Å²) in [5.41, 5.74) is 1.03. The molecule has 0 spiro atoms. The third kappa shape index (κ3) is 6.04. The van der Waals surface area contributed by atoms with Crippen molar-refractivity contribution in [1.29, 1.82) is 0 Å². The van der Waals surface area contributed by atoms with Crippen molar-refractivity contribution in [3.05, 3.63) is 23.8 Å². The molecule has 0 atom stereocenters. The molecule has 5 heteroatoms. The van der Waals surface area contributed by atoms with Gasteiger partial charge in [-0.1, -0.05) is 19.1 Å². The summed E-state index contributed by atoms with van der Waals surface area (Å²) >= 11 is 0.